The van der Waals surface area contributed by atoms with Gasteiger partial charge in [0.15, 0.2) is 0 Å². The molecule has 2 aromatic rings. The summed E-state index contributed by atoms with van der Waals surface area (Å²) in [5, 5.41) is 9.49. The van der Waals surface area contributed by atoms with Crippen LogP contribution >= 0.6 is 23.4 Å². The molecule has 0 unspecified atom stereocenters. The van der Waals surface area contributed by atoms with Gasteiger partial charge in [-0.15, -0.1) is 11.8 Å². The zero-order chi connectivity index (χ0) is 15.1. The zero-order valence-electron chi connectivity index (χ0n) is 11.6. The van der Waals surface area contributed by atoms with Gasteiger partial charge < -0.3 is 9.84 Å². The van der Waals surface area contributed by atoms with Crippen LogP contribution in [0.4, 0.5) is 0 Å². The number of ether oxygens (including phenoxy) is 1. The second-order valence-corrected chi connectivity index (χ2v) is 5.71. The molecule has 0 amide bonds. The number of thioether (sulfide) groups is 1. The molecule has 0 aliphatic rings. The Morgan fingerprint density at radius 2 is 1.95 bits per heavy atom. The average molecular weight is 319 g/mol. The summed E-state index contributed by atoms with van der Waals surface area (Å²) in [6.07, 6.45) is 0. The van der Waals surface area contributed by atoms with Crippen LogP contribution in [-0.4, -0.2) is 18.8 Å². The third kappa shape index (κ3) is 4.71. The highest BCUT2D eigenvalue weighted by Crippen LogP contribution is 2.29. The van der Waals surface area contributed by atoms with E-state index in [-0.39, 0.29) is 6.61 Å². The lowest BCUT2D eigenvalue weighted by Crippen LogP contribution is -1.92. The quantitative estimate of drug-likeness (QED) is 0.683. The second-order valence-electron chi connectivity index (χ2n) is 4.23. The van der Waals surface area contributed by atoms with Gasteiger partial charge in [0.05, 0.1) is 7.11 Å². The lowest BCUT2D eigenvalue weighted by Gasteiger charge is -2.09. The fraction of sp³-hybridized carbons (Fsp3) is 0.176. The molecule has 2 nitrogen and oxygen atoms in total. The van der Waals surface area contributed by atoms with Gasteiger partial charge in [0.2, 0.25) is 0 Å². The van der Waals surface area contributed by atoms with E-state index < -0.39 is 0 Å². The molecule has 108 valence electrons. The Balaban J connectivity index is 2.15. The summed E-state index contributed by atoms with van der Waals surface area (Å²) in [4.78, 5) is 1.15. The normalized spacial score (nSPS) is 9.86. The molecule has 0 aromatic heterocycles. The number of aliphatic hydroxyl groups excluding tert-OH is 1. The standard InChI is InChI=1S/C17H15ClO2S/c1-20-17-9-4-13(3-2-10-19)11-14(17)12-21-16-7-5-15(18)6-8-16/h4-9,11,19H,10,12H2,1H3. The van der Waals surface area contributed by atoms with Crippen molar-refractivity contribution in [2.24, 2.45) is 0 Å². The molecule has 0 saturated carbocycles. The molecule has 0 atom stereocenters. The van der Waals surface area contributed by atoms with Gasteiger partial charge in [0.1, 0.15) is 12.4 Å². The van der Waals surface area contributed by atoms with Crippen LogP contribution in [0.5, 0.6) is 5.75 Å². The lowest BCUT2D eigenvalue weighted by atomic mass is 10.1. The molecule has 2 rings (SSSR count). The fourth-order valence-electron chi connectivity index (χ4n) is 1.80. The fourth-order valence-corrected chi connectivity index (χ4v) is 2.80. The number of aliphatic hydroxyl groups is 1. The molecule has 0 saturated heterocycles. The number of hydrogen-bond acceptors (Lipinski definition) is 3. The summed E-state index contributed by atoms with van der Waals surface area (Å²) in [5.74, 6) is 7.18. The summed E-state index contributed by atoms with van der Waals surface area (Å²) in [6.45, 7) is -0.138. The molecule has 0 heterocycles. The maximum Gasteiger partial charge on any atom is 0.122 e. The first-order valence-corrected chi connectivity index (χ1v) is 7.74. The minimum absolute atomic E-state index is 0.138. The van der Waals surface area contributed by atoms with E-state index >= 15 is 0 Å². The number of rotatable bonds is 4. The predicted molar refractivity (Wildman–Crippen MR) is 88.0 cm³/mol. The number of halogens is 1. The first-order valence-electron chi connectivity index (χ1n) is 6.38. The smallest absolute Gasteiger partial charge is 0.122 e. The van der Waals surface area contributed by atoms with E-state index in [2.05, 4.69) is 11.8 Å². The van der Waals surface area contributed by atoms with Crippen molar-refractivity contribution in [3.8, 4) is 17.6 Å². The Morgan fingerprint density at radius 1 is 1.19 bits per heavy atom. The molecule has 0 spiro atoms. The van der Waals surface area contributed by atoms with Crippen molar-refractivity contribution in [3.63, 3.8) is 0 Å². The lowest BCUT2D eigenvalue weighted by molar-refractivity contribution is 0.350. The van der Waals surface area contributed by atoms with Gasteiger partial charge in [-0.05, 0) is 42.5 Å². The van der Waals surface area contributed by atoms with Gasteiger partial charge in [-0.3, -0.25) is 0 Å². The van der Waals surface area contributed by atoms with Crippen molar-refractivity contribution in [1.29, 1.82) is 0 Å². The van der Waals surface area contributed by atoms with Gasteiger partial charge in [-0.1, -0.05) is 23.4 Å². The predicted octanol–water partition coefficient (Wildman–Crippen LogP) is 3.98. The molecule has 1 N–H and O–H groups in total. The van der Waals surface area contributed by atoms with Gasteiger partial charge in [-0.25, -0.2) is 0 Å². The van der Waals surface area contributed by atoms with Crippen LogP contribution in [0.15, 0.2) is 47.4 Å². The van der Waals surface area contributed by atoms with Crippen molar-refractivity contribution >= 4 is 23.4 Å². The minimum Gasteiger partial charge on any atom is -0.496 e. The number of benzene rings is 2. The van der Waals surface area contributed by atoms with Crippen LogP contribution in [0.1, 0.15) is 11.1 Å². The largest absolute Gasteiger partial charge is 0.496 e. The maximum atomic E-state index is 8.76. The van der Waals surface area contributed by atoms with E-state index in [0.29, 0.717) is 0 Å². The topological polar surface area (TPSA) is 29.5 Å². The maximum absolute atomic E-state index is 8.76. The van der Waals surface area contributed by atoms with Crippen molar-refractivity contribution in [2.75, 3.05) is 13.7 Å². The Kier molecular flexibility index (Phi) is 6.01. The Hall–Kier alpha value is -1.60. The number of methoxy groups -OCH3 is 1. The van der Waals surface area contributed by atoms with Crippen LogP contribution < -0.4 is 4.74 Å². The first kappa shape index (κ1) is 15.8. The Morgan fingerprint density at radius 3 is 2.62 bits per heavy atom. The van der Waals surface area contributed by atoms with E-state index in [0.717, 1.165) is 32.5 Å². The van der Waals surface area contributed by atoms with E-state index in [1.54, 1.807) is 18.9 Å². The summed E-state index contributed by atoms with van der Waals surface area (Å²) in [7, 11) is 1.66. The van der Waals surface area contributed by atoms with Crippen LogP contribution in [0.2, 0.25) is 5.02 Å². The molecule has 21 heavy (non-hydrogen) atoms. The summed E-state index contributed by atoms with van der Waals surface area (Å²) >= 11 is 7.59. The third-order valence-electron chi connectivity index (χ3n) is 2.80. The van der Waals surface area contributed by atoms with Crippen molar-refractivity contribution in [1.82, 2.24) is 0 Å². The zero-order valence-corrected chi connectivity index (χ0v) is 13.2. The molecule has 4 heteroatoms. The van der Waals surface area contributed by atoms with Gasteiger partial charge in [0, 0.05) is 26.8 Å². The molecular weight excluding hydrogens is 304 g/mol. The summed E-state index contributed by atoms with van der Waals surface area (Å²) in [5.41, 5.74) is 1.94. The monoisotopic (exact) mass is 318 g/mol. The molecule has 0 bridgehead atoms. The van der Waals surface area contributed by atoms with Crippen molar-refractivity contribution < 1.29 is 9.84 Å². The Bertz CT molecular complexity index is 657. The molecule has 0 aliphatic heterocycles. The highest BCUT2D eigenvalue weighted by molar-refractivity contribution is 7.98. The first-order chi connectivity index (χ1) is 10.2. The number of hydrogen-bond donors (Lipinski definition) is 1. The van der Waals surface area contributed by atoms with E-state index in [4.69, 9.17) is 21.4 Å². The van der Waals surface area contributed by atoms with Crippen LogP contribution in [-0.2, 0) is 5.75 Å². The third-order valence-corrected chi connectivity index (χ3v) is 4.11. The van der Waals surface area contributed by atoms with E-state index in [1.165, 1.54) is 0 Å². The summed E-state index contributed by atoms with van der Waals surface area (Å²) < 4.78 is 5.38. The highest BCUT2D eigenvalue weighted by Gasteiger charge is 2.05. The van der Waals surface area contributed by atoms with E-state index in [9.17, 15) is 0 Å². The van der Waals surface area contributed by atoms with Crippen LogP contribution in [0, 0.1) is 11.8 Å². The van der Waals surface area contributed by atoms with Crippen LogP contribution in [0.3, 0.4) is 0 Å². The van der Waals surface area contributed by atoms with E-state index in [1.807, 2.05) is 42.5 Å². The van der Waals surface area contributed by atoms with Gasteiger partial charge >= 0.3 is 0 Å². The SMILES string of the molecule is COc1ccc(C#CCO)cc1CSc1ccc(Cl)cc1. The molecule has 0 aliphatic carbocycles. The van der Waals surface area contributed by atoms with Gasteiger partial charge in [-0.2, -0.15) is 0 Å². The average Bonchev–Trinajstić information content (AvgIpc) is 2.52. The van der Waals surface area contributed by atoms with Crippen LogP contribution in [0.25, 0.3) is 0 Å². The molecular formula is C17H15ClO2S. The molecule has 2 aromatic carbocycles. The van der Waals surface area contributed by atoms with Gasteiger partial charge in [0.25, 0.3) is 0 Å². The van der Waals surface area contributed by atoms with Crippen molar-refractivity contribution in [2.45, 2.75) is 10.6 Å². The second kappa shape index (κ2) is 7.99. The molecule has 0 fully saturated rings. The van der Waals surface area contributed by atoms with Crippen molar-refractivity contribution in [3.05, 3.63) is 58.6 Å². The molecule has 0 radical (unpaired) electrons. The minimum atomic E-state index is -0.138. The summed E-state index contributed by atoms with van der Waals surface area (Å²) in [6, 6.07) is 13.5. The Labute approximate surface area is 134 Å². The highest BCUT2D eigenvalue weighted by atomic mass is 35.5.